The highest BCUT2D eigenvalue weighted by molar-refractivity contribution is 14.0. The number of rotatable bonds is 6. The van der Waals surface area contributed by atoms with E-state index in [2.05, 4.69) is 21.7 Å². The molecule has 9 heteroatoms. The van der Waals surface area contributed by atoms with Gasteiger partial charge < -0.3 is 15.4 Å². The largest absolute Gasteiger partial charge is 0.401 e. The summed E-state index contributed by atoms with van der Waals surface area (Å²) in [6.45, 7) is 7.11. The predicted molar refractivity (Wildman–Crippen MR) is 121 cm³/mol. The second-order valence-electron chi connectivity index (χ2n) is 8.13. The van der Waals surface area contributed by atoms with E-state index in [1.807, 2.05) is 39.0 Å². The molecule has 1 aliphatic heterocycles. The Morgan fingerprint density at radius 2 is 1.93 bits per heavy atom. The summed E-state index contributed by atoms with van der Waals surface area (Å²) < 4.78 is 43.4. The SMILES string of the molecule is CN=C(NCc1cccc(COC(C)(C)C)c1)NC1CCN(CC(F)(F)F)C1.I. The van der Waals surface area contributed by atoms with Gasteiger partial charge in [0.05, 0.1) is 18.8 Å². The van der Waals surface area contributed by atoms with Crippen LogP contribution in [0.1, 0.15) is 38.3 Å². The summed E-state index contributed by atoms with van der Waals surface area (Å²) in [5.41, 5.74) is 1.99. The summed E-state index contributed by atoms with van der Waals surface area (Å²) in [4.78, 5) is 5.61. The van der Waals surface area contributed by atoms with Crippen molar-refractivity contribution in [3.8, 4) is 0 Å². The average Bonchev–Trinajstić information content (AvgIpc) is 3.01. The molecule has 1 fully saturated rings. The van der Waals surface area contributed by atoms with E-state index in [1.54, 1.807) is 7.05 Å². The van der Waals surface area contributed by atoms with Crippen LogP contribution in [-0.4, -0.2) is 55.4 Å². The van der Waals surface area contributed by atoms with Crippen molar-refractivity contribution in [3.05, 3.63) is 35.4 Å². The van der Waals surface area contributed by atoms with Crippen LogP contribution in [0.5, 0.6) is 0 Å². The molecule has 166 valence electrons. The van der Waals surface area contributed by atoms with Gasteiger partial charge in [0.1, 0.15) is 0 Å². The standard InChI is InChI=1S/C20H31F3N4O.HI/c1-19(2,3)28-13-16-7-5-6-15(10-16)11-25-18(24-4)26-17-8-9-27(12-17)14-20(21,22)23;/h5-7,10,17H,8-9,11-14H2,1-4H3,(H2,24,25,26);1H. The molecule has 0 amide bonds. The van der Waals surface area contributed by atoms with Gasteiger partial charge >= 0.3 is 6.18 Å². The van der Waals surface area contributed by atoms with E-state index >= 15 is 0 Å². The summed E-state index contributed by atoms with van der Waals surface area (Å²) in [5, 5.41) is 6.45. The van der Waals surface area contributed by atoms with Crippen molar-refractivity contribution in [2.24, 2.45) is 4.99 Å². The minimum atomic E-state index is -4.16. The third-order valence-electron chi connectivity index (χ3n) is 4.36. The molecule has 1 aliphatic rings. The Morgan fingerprint density at radius 1 is 1.24 bits per heavy atom. The van der Waals surface area contributed by atoms with E-state index in [0.29, 0.717) is 38.6 Å². The maximum Gasteiger partial charge on any atom is 0.401 e. The summed E-state index contributed by atoms with van der Waals surface area (Å²) >= 11 is 0. The second kappa shape index (κ2) is 11.4. The van der Waals surface area contributed by atoms with E-state index in [9.17, 15) is 13.2 Å². The van der Waals surface area contributed by atoms with Crippen LogP contribution in [0.15, 0.2) is 29.3 Å². The van der Waals surface area contributed by atoms with E-state index in [0.717, 1.165) is 11.1 Å². The van der Waals surface area contributed by atoms with Crippen LogP contribution in [0.4, 0.5) is 13.2 Å². The zero-order chi connectivity index (χ0) is 20.8. The molecule has 1 saturated heterocycles. The first kappa shape index (κ1) is 26.0. The van der Waals surface area contributed by atoms with Gasteiger partial charge in [-0.15, -0.1) is 24.0 Å². The summed E-state index contributed by atoms with van der Waals surface area (Å²) in [7, 11) is 1.66. The van der Waals surface area contributed by atoms with E-state index in [1.165, 1.54) is 4.90 Å². The molecule has 0 aliphatic carbocycles. The number of guanidine groups is 1. The summed E-state index contributed by atoms with van der Waals surface area (Å²) in [6.07, 6.45) is -3.49. The van der Waals surface area contributed by atoms with Gasteiger partial charge in [0, 0.05) is 32.7 Å². The first-order valence-electron chi connectivity index (χ1n) is 9.52. The Kier molecular flexibility index (Phi) is 10.2. The number of halogens is 4. The maximum atomic E-state index is 12.5. The lowest BCUT2D eigenvalue weighted by molar-refractivity contribution is -0.143. The van der Waals surface area contributed by atoms with Crippen molar-refractivity contribution in [3.63, 3.8) is 0 Å². The Hall–Kier alpha value is -1.07. The molecule has 29 heavy (non-hydrogen) atoms. The molecule has 0 radical (unpaired) electrons. The number of hydrogen-bond acceptors (Lipinski definition) is 3. The van der Waals surface area contributed by atoms with Gasteiger partial charge in [-0.1, -0.05) is 24.3 Å². The molecule has 1 atom stereocenters. The van der Waals surface area contributed by atoms with Crippen LogP contribution in [0.3, 0.4) is 0 Å². The lowest BCUT2D eigenvalue weighted by atomic mass is 10.1. The Labute approximate surface area is 188 Å². The van der Waals surface area contributed by atoms with Gasteiger partial charge in [-0.2, -0.15) is 13.2 Å². The van der Waals surface area contributed by atoms with Crippen LogP contribution in [0, 0.1) is 0 Å². The molecular weight excluding hydrogens is 496 g/mol. The predicted octanol–water partition coefficient (Wildman–Crippen LogP) is 3.92. The number of nitrogens with one attached hydrogen (secondary N) is 2. The smallest absolute Gasteiger partial charge is 0.371 e. The van der Waals surface area contributed by atoms with E-state index < -0.39 is 12.7 Å². The number of alkyl halides is 3. The lowest BCUT2D eigenvalue weighted by Crippen LogP contribution is -2.44. The molecule has 1 aromatic rings. The molecular formula is C20H32F3IN4O. The van der Waals surface area contributed by atoms with Crippen molar-refractivity contribution < 1.29 is 17.9 Å². The maximum absolute atomic E-state index is 12.5. The van der Waals surface area contributed by atoms with Gasteiger partial charge in [-0.25, -0.2) is 0 Å². The van der Waals surface area contributed by atoms with Crippen molar-refractivity contribution in [2.75, 3.05) is 26.7 Å². The lowest BCUT2D eigenvalue weighted by Gasteiger charge is -2.20. The van der Waals surface area contributed by atoms with Crippen LogP contribution in [0.2, 0.25) is 0 Å². The van der Waals surface area contributed by atoms with Gasteiger partial charge in [0.25, 0.3) is 0 Å². The fourth-order valence-electron chi connectivity index (χ4n) is 3.05. The molecule has 5 nitrogen and oxygen atoms in total. The zero-order valence-corrected chi connectivity index (χ0v) is 19.8. The Balaban J connectivity index is 0.00000420. The van der Waals surface area contributed by atoms with Crippen LogP contribution in [0.25, 0.3) is 0 Å². The number of likely N-dealkylation sites (tertiary alicyclic amines) is 1. The van der Waals surface area contributed by atoms with Crippen LogP contribution < -0.4 is 10.6 Å². The van der Waals surface area contributed by atoms with Gasteiger partial charge in [0.2, 0.25) is 0 Å². The molecule has 0 saturated carbocycles. The minimum absolute atomic E-state index is 0. The van der Waals surface area contributed by atoms with Gasteiger partial charge in [-0.3, -0.25) is 9.89 Å². The quantitative estimate of drug-likeness (QED) is 0.334. The molecule has 0 aromatic heterocycles. The highest BCUT2D eigenvalue weighted by Crippen LogP contribution is 2.20. The number of hydrogen-bond donors (Lipinski definition) is 2. The Bertz CT molecular complexity index is 662. The first-order valence-corrected chi connectivity index (χ1v) is 9.52. The van der Waals surface area contributed by atoms with Crippen molar-refractivity contribution in [2.45, 2.75) is 58.2 Å². The number of nitrogens with zero attached hydrogens (tertiary/aromatic N) is 2. The molecule has 2 N–H and O–H groups in total. The first-order chi connectivity index (χ1) is 13.0. The van der Waals surface area contributed by atoms with Crippen LogP contribution >= 0.6 is 24.0 Å². The monoisotopic (exact) mass is 528 g/mol. The normalized spacial score (nSPS) is 18.4. The van der Waals surface area contributed by atoms with Crippen molar-refractivity contribution in [1.29, 1.82) is 0 Å². The Morgan fingerprint density at radius 3 is 2.55 bits per heavy atom. The fourth-order valence-corrected chi connectivity index (χ4v) is 3.05. The number of ether oxygens (including phenoxy) is 1. The number of benzene rings is 1. The number of aliphatic imine (C=N–C) groups is 1. The topological polar surface area (TPSA) is 48.9 Å². The molecule has 0 spiro atoms. The van der Waals surface area contributed by atoms with Crippen molar-refractivity contribution in [1.82, 2.24) is 15.5 Å². The second-order valence-corrected chi connectivity index (χ2v) is 8.13. The van der Waals surface area contributed by atoms with E-state index in [-0.39, 0.29) is 35.6 Å². The zero-order valence-electron chi connectivity index (χ0n) is 17.5. The minimum Gasteiger partial charge on any atom is -0.371 e. The molecule has 1 unspecified atom stereocenters. The van der Waals surface area contributed by atoms with Crippen LogP contribution in [-0.2, 0) is 17.9 Å². The van der Waals surface area contributed by atoms with E-state index in [4.69, 9.17) is 4.74 Å². The third kappa shape index (κ3) is 10.5. The molecule has 1 aromatic carbocycles. The molecule has 1 heterocycles. The summed E-state index contributed by atoms with van der Waals surface area (Å²) in [5.74, 6) is 0.593. The van der Waals surface area contributed by atoms with Gasteiger partial charge in [0.15, 0.2) is 5.96 Å². The molecule has 2 rings (SSSR count). The third-order valence-corrected chi connectivity index (χ3v) is 4.36. The summed E-state index contributed by atoms with van der Waals surface area (Å²) in [6, 6.07) is 8.06. The average molecular weight is 528 g/mol. The highest BCUT2D eigenvalue weighted by atomic mass is 127. The highest BCUT2D eigenvalue weighted by Gasteiger charge is 2.34. The van der Waals surface area contributed by atoms with Gasteiger partial charge in [-0.05, 0) is 38.3 Å². The van der Waals surface area contributed by atoms with Crippen molar-refractivity contribution >= 4 is 29.9 Å². The molecule has 0 bridgehead atoms. The fraction of sp³-hybridized carbons (Fsp3) is 0.650.